The number of halogens is 1. The minimum absolute atomic E-state index is 0.0342. The van der Waals surface area contributed by atoms with Gasteiger partial charge in [-0.3, -0.25) is 9.59 Å². The maximum absolute atomic E-state index is 12.3. The van der Waals surface area contributed by atoms with Crippen molar-refractivity contribution in [1.29, 1.82) is 0 Å². The lowest BCUT2D eigenvalue weighted by Crippen LogP contribution is -3.14. The second-order valence-corrected chi connectivity index (χ2v) is 8.01. The van der Waals surface area contributed by atoms with Crippen LogP contribution < -0.4 is 15.5 Å². The minimum atomic E-state index is -0.256. The highest BCUT2D eigenvalue weighted by atomic mass is 79.9. The zero-order chi connectivity index (χ0) is 18.3. The van der Waals surface area contributed by atoms with Gasteiger partial charge in [0.25, 0.3) is 11.8 Å². The first kappa shape index (κ1) is 20.6. The molecule has 1 aromatic rings. The summed E-state index contributed by atoms with van der Waals surface area (Å²) in [7, 11) is 0. The molecular formula is C18H29BrN3O2+. The molecule has 6 heteroatoms. The predicted molar refractivity (Wildman–Crippen MR) is 99.8 cm³/mol. The van der Waals surface area contributed by atoms with Crippen molar-refractivity contribution >= 4 is 27.7 Å². The van der Waals surface area contributed by atoms with Gasteiger partial charge in [0.1, 0.15) is 0 Å². The van der Waals surface area contributed by atoms with Crippen LogP contribution in [-0.4, -0.2) is 37.0 Å². The fraction of sp³-hybridized carbons (Fsp3) is 0.556. The number of hydrogen-bond donors (Lipinski definition) is 3. The lowest BCUT2D eigenvalue weighted by atomic mass is 10.1. The Hall–Kier alpha value is -1.40. The summed E-state index contributed by atoms with van der Waals surface area (Å²) >= 11 is 3.40. The van der Waals surface area contributed by atoms with Crippen LogP contribution in [-0.2, 0) is 9.59 Å². The van der Waals surface area contributed by atoms with Crippen molar-refractivity contribution in [3.63, 3.8) is 0 Å². The first-order valence-corrected chi connectivity index (χ1v) is 9.09. The molecule has 24 heavy (non-hydrogen) atoms. The SMILES string of the molecule is CC[NH+](CC(=O)N[C@@H](C)c1ccc(Br)cc1)CC(=O)NC(C)(C)C. The monoisotopic (exact) mass is 398 g/mol. The van der Waals surface area contributed by atoms with Crippen LogP contribution in [0.3, 0.4) is 0 Å². The number of carbonyl (C=O) groups is 2. The zero-order valence-electron chi connectivity index (χ0n) is 15.2. The Bertz CT molecular complexity index is 552. The Morgan fingerprint density at radius 3 is 2.17 bits per heavy atom. The Labute approximate surface area is 153 Å². The van der Waals surface area contributed by atoms with E-state index in [1.165, 1.54) is 0 Å². The lowest BCUT2D eigenvalue weighted by molar-refractivity contribution is -0.881. The average molecular weight is 399 g/mol. The lowest BCUT2D eigenvalue weighted by Gasteiger charge is -2.23. The van der Waals surface area contributed by atoms with Crippen molar-refractivity contribution in [2.24, 2.45) is 0 Å². The molecule has 134 valence electrons. The Morgan fingerprint density at radius 2 is 1.67 bits per heavy atom. The summed E-state index contributed by atoms with van der Waals surface area (Å²) in [5.41, 5.74) is 0.795. The molecule has 0 saturated carbocycles. The quantitative estimate of drug-likeness (QED) is 0.650. The summed E-state index contributed by atoms with van der Waals surface area (Å²) in [4.78, 5) is 25.2. The van der Waals surface area contributed by atoms with Crippen molar-refractivity contribution in [2.45, 2.75) is 46.2 Å². The molecule has 0 aliphatic heterocycles. The van der Waals surface area contributed by atoms with Crippen LogP contribution in [0, 0.1) is 0 Å². The Kier molecular flexibility index (Phi) is 7.90. The summed E-state index contributed by atoms with van der Waals surface area (Å²) in [6.45, 7) is 11.1. The first-order chi connectivity index (χ1) is 11.1. The fourth-order valence-electron chi connectivity index (χ4n) is 2.36. The fourth-order valence-corrected chi connectivity index (χ4v) is 2.62. The van der Waals surface area contributed by atoms with Gasteiger partial charge < -0.3 is 15.5 Å². The highest BCUT2D eigenvalue weighted by Gasteiger charge is 2.21. The van der Waals surface area contributed by atoms with Crippen LogP contribution in [0.4, 0.5) is 0 Å². The van der Waals surface area contributed by atoms with Gasteiger partial charge in [0.2, 0.25) is 0 Å². The summed E-state index contributed by atoms with van der Waals surface area (Å²) in [6.07, 6.45) is 0. The van der Waals surface area contributed by atoms with E-state index in [9.17, 15) is 9.59 Å². The molecule has 5 nitrogen and oxygen atoms in total. The van der Waals surface area contributed by atoms with Gasteiger partial charge in [-0.1, -0.05) is 28.1 Å². The van der Waals surface area contributed by atoms with Gasteiger partial charge >= 0.3 is 0 Å². The van der Waals surface area contributed by atoms with E-state index in [2.05, 4.69) is 26.6 Å². The summed E-state index contributed by atoms with van der Waals surface area (Å²) in [5, 5.41) is 5.93. The molecule has 0 heterocycles. The number of rotatable bonds is 7. The van der Waals surface area contributed by atoms with Crippen molar-refractivity contribution in [1.82, 2.24) is 10.6 Å². The van der Waals surface area contributed by atoms with Crippen molar-refractivity contribution in [3.05, 3.63) is 34.3 Å². The van der Waals surface area contributed by atoms with E-state index in [1.807, 2.05) is 58.9 Å². The van der Waals surface area contributed by atoms with E-state index in [0.717, 1.165) is 21.5 Å². The molecule has 2 atom stereocenters. The van der Waals surface area contributed by atoms with Gasteiger partial charge in [-0.2, -0.15) is 0 Å². The van der Waals surface area contributed by atoms with Gasteiger partial charge in [-0.25, -0.2) is 0 Å². The van der Waals surface area contributed by atoms with Crippen LogP contribution >= 0.6 is 15.9 Å². The highest BCUT2D eigenvalue weighted by molar-refractivity contribution is 9.10. The molecule has 0 saturated heterocycles. The first-order valence-electron chi connectivity index (χ1n) is 8.30. The number of nitrogens with one attached hydrogen (secondary N) is 3. The standard InChI is InChI=1S/C18H28BrN3O2/c1-6-22(12-17(24)21-18(3,4)5)11-16(23)20-13(2)14-7-9-15(19)10-8-14/h7-10,13H,6,11-12H2,1-5H3,(H,20,23)(H,21,24)/p+1/t13-/m0/s1. The van der Waals surface area contributed by atoms with Crippen LogP contribution in [0.2, 0.25) is 0 Å². The van der Waals surface area contributed by atoms with E-state index in [4.69, 9.17) is 0 Å². The number of quaternary nitrogens is 1. The third-order valence-corrected chi connectivity index (χ3v) is 4.11. The van der Waals surface area contributed by atoms with Gasteiger partial charge in [-0.05, 0) is 52.3 Å². The van der Waals surface area contributed by atoms with Crippen LogP contribution in [0.15, 0.2) is 28.7 Å². The van der Waals surface area contributed by atoms with Crippen molar-refractivity contribution in [2.75, 3.05) is 19.6 Å². The molecule has 1 rings (SSSR count). The van der Waals surface area contributed by atoms with Crippen LogP contribution in [0.1, 0.15) is 46.2 Å². The van der Waals surface area contributed by atoms with Gasteiger partial charge in [0, 0.05) is 10.0 Å². The Morgan fingerprint density at radius 1 is 1.12 bits per heavy atom. The summed E-state index contributed by atoms with van der Waals surface area (Å²) in [6, 6.07) is 7.82. The van der Waals surface area contributed by atoms with Gasteiger partial charge in [0.15, 0.2) is 13.1 Å². The van der Waals surface area contributed by atoms with E-state index in [1.54, 1.807) is 0 Å². The predicted octanol–water partition coefficient (Wildman–Crippen LogP) is 1.45. The van der Waals surface area contributed by atoms with Gasteiger partial charge in [-0.15, -0.1) is 0 Å². The second kappa shape index (κ2) is 9.18. The van der Waals surface area contributed by atoms with Crippen molar-refractivity contribution < 1.29 is 14.5 Å². The van der Waals surface area contributed by atoms with Crippen LogP contribution in [0.25, 0.3) is 0 Å². The summed E-state index contributed by atoms with van der Waals surface area (Å²) < 4.78 is 1.01. The molecular weight excluding hydrogens is 370 g/mol. The highest BCUT2D eigenvalue weighted by Crippen LogP contribution is 2.16. The normalized spacial score (nSPS) is 13.9. The molecule has 3 N–H and O–H groups in total. The molecule has 0 aliphatic rings. The van der Waals surface area contributed by atoms with E-state index < -0.39 is 0 Å². The maximum atomic E-state index is 12.3. The maximum Gasteiger partial charge on any atom is 0.275 e. The topological polar surface area (TPSA) is 62.6 Å². The largest absolute Gasteiger partial charge is 0.347 e. The van der Waals surface area contributed by atoms with Gasteiger partial charge in [0.05, 0.1) is 12.6 Å². The molecule has 0 aliphatic carbocycles. The summed E-state index contributed by atoms with van der Waals surface area (Å²) in [5.74, 6) is -0.0843. The molecule has 1 aromatic carbocycles. The number of amides is 2. The van der Waals surface area contributed by atoms with Crippen molar-refractivity contribution in [3.8, 4) is 0 Å². The molecule has 0 radical (unpaired) electrons. The number of benzene rings is 1. The molecule has 1 unspecified atom stereocenters. The van der Waals surface area contributed by atoms with E-state index >= 15 is 0 Å². The van der Waals surface area contributed by atoms with Crippen LogP contribution in [0.5, 0.6) is 0 Å². The third kappa shape index (κ3) is 7.93. The molecule has 0 spiro atoms. The molecule has 0 fully saturated rings. The van der Waals surface area contributed by atoms with E-state index in [0.29, 0.717) is 6.54 Å². The molecule has 0 aromatic heterocycles. The second-order valence-electron chi connectivity index (χ2n) is 7.10. The number of likely N-dealkylation sites (N-methyl/N-ethyl adjacent to an activating group) is 1. The average Bonchev–Trinajstić information content (AvgIpc) is 2.44. The smallest absolute Gasteiger partial charge is 0.275 e. The third-order valence-electron chi connectivity index (χ3n) is 3.58. The van der Waals surface area contributed by atoms with E-state index in [-0.39, 0.29) is 29.9 Å². The minimum Gasteiger partial charge on any atom is -0.347 e. The Balaban J connectivity index is 2.51. The molecule has 2 amide bonds. The zero-order valence-corrected chi connectivity index (χ0v) is 16.8. The number of hydrogen-bond acceptors (Lipinski definition) is 2. The molecule has 0 bridgehead atoms. The number of carbonyl (C=O) groups excluding carboxylic acids is 2.